The third kappa shape index (κ3) is 5.64. The van der Waals surface area contributed by atoms with E-state index in [0.29, 0.717) is 23.4 Å². The van der Waals surface area contributed by atoms with Gasteiger partial charge >= 0.3 is 0 Å². The van der Waals surface area contributed by atoms with Crippen LogP contribution >= 0.6 is 0 Å². The molecule has 0 bridgehead atoms. The van der Waals surface area contributed by atoms with Gasteiger partial charge < -0.3 is 10.2 Å². The normalized spacial score (nSPS) is 11.1. The lowest BCUT2D eigenvalue weighted by Crippen LogP contribution is -2.28. The number of nitrogens with zero attached hydrogens (tertiary/aromatic N) is 2. The first kappa shape index (κ1) is 20.6. The molecule has 27 heavy (non-hydrogen) atoms. The summed E-state index contributed by atoms with van der Waals surface area (Å²) in [6, 6.07) is 9.39. The maximum atomic E-state index is 12.5. The summed E-state index contributed by atoms with van der Waals surface area (Å²) in [5, 5.41) is 2.86. The van der Waals surface area contributed by atoms with Crippen molar-refractivity contribution in [3.8, 4) is 0 Å². The molecule has 0 radical (unpaired) electrons. The summed E-state index contributed by atoms with van der Waals surface area (Å²) in [6.45, 7) is 9.20. The molecular weight excluding hydrogens is 338 g/mol. The number of amides is 2. The molecule has 0 saturated heterocycles. The van der Waals surface area contributed by atoms with E-state index in [1.807, 2.05) is 24.3 Å². The van der Waals surface area contributed by atoms with Gasteiger partial charge in [-0.25, -0.2) is 0 Å². The van der Waals surface area contributed by atoms with E-state index in [1.54, 1.807) is 18.0 Å². The van der Waals surface area contributed by atoms with Gasteiger partial charge in [-0.15, -0.1) is 0 Å². The molecule has 1 heterocycles. The smallest absolute Gasteiger partial charge is 0.257 e. The highest BCUT2D eigenvalue weighted by Gasteiger charge is 2.16. The third-order valence-electron chi connectivity index (χ3n) is 4.45. The largest absolute Gasteiger partial charge is 0.342 e. The van der Waals surface area contributed by atoms with Gasteiger partial charge in [0.15, 0.2) is 0 Å². The lowest BCUT2D eigenvalue weighted by atomic mass is 9.87. The Morgan fingerprint density at radius 3 is 2.30 bits per heavy atom. The number of nitrogens with one attached hydrogen (secondary N) is 1. The number of benzene rings is 1. The van der Waals surface area contributed by atoms with Crippen LogP contribution in [0.3, 0.4) is 0 Å². The molecule has 5 heteroatoms. The van der Waals surface area contributed by atoms with Gasteiger partial charge in [-0.05, 0) is 35.6 Å². The molecule has 0 fully saturated rings. The molecule has 144 valence electrons. The minimum Gasteiger partial charge on any atom is -0.342 e. The zero-order valence-electron chi connectivity index (χ0n) is 16.9. The molecule has 0 aliphatic heterocycles. The molecule has 0 unspecified atom stereocenters. The second-order valence-electron chi connectivity index (χ2n) is 7.82. The average molecular weight is 367 g/mol. The van der Waals surface area contributed by atoms with E-state index in [0.717, 1.165) is 12.8 Å². The van der Waals surface area contributed by atoms with Crippen LogP contribution in [0.2, 0.25) is 0 Å². The van der Waals surface area contributed by atoms with E-state index in [4.69, 9.17) is 0 Å². The van der Waals surface area contributed by atoms with Crippen molar-refractivity contribution in [3.63, 3.8) is 0 Å². The predicted molar refractivity (Wildman–Crippen MR) is 109 cm³/mol. The number of unbranched alkanes of at least 4 members (excludes halogenated alkanes) is 1. The molecule has 2 amide bonds. The first-order valence-electron chi connectivity index (χ1n) is 9.34. The minimum atomic E-state index is -0.281. The fourth-order valence-electron chi connectivity index (χ4n) is 2.66. The molecule has 2 aromatic rings. The van der Waals surface area contributed by atoms with Crippen LogP contribution in [-0.4, -0.2) is 35.3 Å². The molecule has 0 spiro atoms. The number of carbonyl (C=O) groups is 2. The highest BCUT2D eigenvalue weighted by Crippen LogP contribution is 2.23. The third-order valence-corrected chi connectivity index (χ3v) is 4.45. The number of anilines is 1. The van der Waals surface area contributed by atoms with Crippen molar-refractivity contribution in [3.05, 3.63) is 59.4 Å². The summed E-state index contributed by atoms with van der Waals surface area (Å²) >= 11 is 0. The zero-order valence-corrected chi connectivity index (χ0v) is 16.9. The summed E-state index contributed by atoms with van der Waals surface area (Å²) in [6.07, 6.45) is 4.94. The molecule has 1 aromatic carbocycles. The lowest BCUT2D eigenvalue weighted by Gasteiger charge is -2.19. The topological polar surface area (TPSA) is 62.3 Å². The predicted octanol–water partition coefficient (Wildman–Crippen LogP) is 4.50. The monoisotopic (exact) mass is 367 g/mol. The van der Waals surface area contributed by atoms with E-state index >= 15 is 0 Å². The van der Waals surface area contributed by atoms with Crippen molar-refractivity contribution in [2.24, 2.45) is 0 Å². The maximum absolute atomic E-state index is 12.5. The molecule has 1 aromatic heterocycles. The van der Waals surface area contributed by atoms with Crippen LogP contribution in [0.4, 0.5) is 5.69 Å². The summed E-state index contributed by atoms with van der Waals surface area (Å²) in [5.74, 6) is -0.406. The highest BCUT2D eigenvalue weighted by molar-refractivity contribution is 6.05. The molecule has 2 rings (SSSR count). The van der Waals surface area contributed by atoms with E-state index in [2.05, 4.69) is 38.0 Å². The van der Waals surface area contributed by atoms with Crippen LogP contribution in [0.1, 0.15) is 66.8 Å². The standard InChI is InChI=1S/C22H29N3O2/c1-6-7-12-25(5)21(27)17-13-16(14-23-15-17)20(26)24-19-10-8-18(9-11-19)22(2,3)4/h8-11,13-15H,6-7,12H2,1-5H3,(H,24,26). The van der Waals surface area contributed by atoms with E-state index < -0.39 is 0 Å². The van der Waals surface area contributed by atoms with Crippen molar-refractivity contribution in [1.29, 1.82) is 0 Å². The quantitative estimate of drug-likeness (QED) is 0.817. The summed E-state index contributed by atoms with van der Waals surface area (Å²) in [7, 11) is 1.77. The van der Waals surface area contributed by atoms with Crippen molar-refractivity contribution >= 4 is 17.5 Å². The Bertz CT molecular complexity index is 792. The maximum Gasteiger partial charge on any atom is 0.257 e. The van der Waals surface area contributed by atoms with Crippen molar-refractivity contribution in [1.82, 2.24) is 9.88 Å². The number of carbonyl (C=O) groups excluding carboxylic acids is 2. The molecular formula is C22H29N3O2. The van der Waals surface area contributed by atoms with E-state index in [1.165, 1.54) is 18.0 Å². The van der Waals surface area contributed by atoms with Crippen LogP contribution in [-0.2, 0) is 5.41 Å². The molecule has 0 aliphatic carbocycles. The van der Waals surface area contributed by atoms with Crippen LogP contribution in [0.15, 0.2) is 42.7 Å². The molecule has 0 aliphatic rings. The van der Waals surface area contributed by atoms with Gasteiger partial charge in [0.1, 0.15) is 0 Å². The van der Waals surface area contributed by atoms with Gasteiger partial charge in [0.05, 0.1) is 11.1 Å². The zero-order chi connectivity index (χ0) is 20.0. The van der Waals surface area contributed by atoms with Crippen LogP contribution < -0.4 is 5.32 Å². The van der Waals surface area contributed by atoms with Crippen LogP contribution in [0.5, 0.6) is 0 Å². The van der Waals surface area contributed by atoms with Gasteiger partial charge in [-0.1, -0.05) is 46.2 Å². The molecule has 1 N–H and O–H groups in total. The van der Waals surface area contributed by atoms with E-state index in [-0.39, 0.29) is 17.2 Å². The summed E-state index contributed by atoms with van der Waals surface area (Å²) in [4.78, 5) is 30.7. The Hall–Kier alpha value is -2.69. The van der Waals surface area contributed by atoms with Gasteiger partial charge in [0, 0.05) is 31.7 Å². The first-order valence-corrected chi connectivity index (χ1v) is 9.34. The number of rotatable bonds is 6. The van der Waals surface area contributed by atoms with Crippen molar-refractivity contribution < 1.29 is 9.59 Å². The molecule has 0 atom stereocenters. The van der Waals surface area contributed by atoms with Crippen molar-refractivity contribution in [2.45, 2.75) is 46.0 Å². The fourth-order valence-corrected chi connectivity index (χ4v) is 2.66. The van der Waals surface area contributed by atoms with Gasteiger partial charge in [0.25, 0.3) is 11.8 Å². The van der Waals surface area contributed by atoms with Crippen LogP contribution in [0.25, 0.3) is 0 Å². The molecule has 0 saturated carbocycles. The Morgan fingerprint density at radius 1 is 1.07 bits per heavy atom. The van der Waals surface area contributed by atoms with Crippen molar-refractivity contribution in [2.75, 3.05) is 18.9 Å². The number of aromatic nitrogens is 1. The summed E-state index contributed by atoms with van der Waals surface area (Å²) in [5.41, 5.74) is 2.76. The second-order valence-corrected chi connectivity index (χ2v) is 7.82. The van der Waals surface area contributed by atoms with Gasteiger partial charge in [0.2, 0.25) is 0 Å². The number of hydrogen-bond acceptors (Lipinski definition) is 3. The number of hydrogen-bond donors (Lipinski definition) is 1. The molecule has 5 nitrogen and oxygen atoms in total. The number of pyridine rings is 1. The summed E-state index contributed by atoms with van der Waals surface area (Å²) < 4.78 is 0. The Morgan fingerprint density at radius 2 is 1.70 bits per heavy atom. The SMILES string of the molecule is CCCCN(C)C(=O)c1cncc(C(=O)Nc2ccc(C(C)(C)C)cc2)c1. The van der Waals surface area contributed by atoms with Crippen LogP contribution in [0, 0.1) is 0 Å². The minimum absolute atomic E-state index is 0.0605. The Labute approximate surface area is 161 Å². The first-order chi connectivity index (χ1) is 12.7. The Kier molecular flexibility index (Phi) is 6.72. The fraction of sp³-hybridized carbons (Fsp3) is 0.409. The lowest BCUT2D eigenvalue weighted by molar-refractivity contribution is 0.0793. The van der Waals surface area contributed by atoms with Gasteiger partial charge in [-0.2, -0.15) is 0 Å². The average Bonchev–Trinajstić information content (AvgIpc) is 2.65. The second kappa shape index (κ2) is 8.80. The highest BCUT2D eigenvalue weighted by atomic mass is 16.2. The van der Waals surface area contributed by atoms with Gasteiger partial charge in [-0.3, -0.25) is 14.6 Å². The van der Waals surface area contributed by atoms with E-state index in [9.17, 15) is 9.59 Å². The Balaban J connectivity index is 2.10.